The van der Waals surface area contributed by atoms with Gasteiger partial charge in [-0.05, 0) is 69.7 Å². The second kappa shape index (κ2) is 8.58. The number of nitrogens with one attached hydrogen (secondary N) is 1. The third-order valence-electron chi connectivity index (χ3n) is 5.12. The van der Waals surface area contributed by atoms with E-state index in [9.17, 15) is 9.18 Å². The molecule has 0 saturated heterocycles. The van der Waals surface area contributed by atoms with Gasteiger partial charge in [-0.3, -0.25) is 4.79 Å². The molecule has 2 heterocycles. The first-order valence-corrected chi connectivity index (χ1v) is 10.0. The van der Waals surface area contributed by atoms with Crippen LogP contribution in [0.2, 0.25) is 0 Å². The number of rotatable bonds is 5. The minimum absolute atomic E-state index is 0.0174. The summed E-state index contributed by atoms with van der Waals surface area (Å²) in [4.78, 5) is 21.1. The van der Waals surface area contributed by atoms with Crippen LogP contribution < -0.4 is 10.1 Å². The van der Waals surface area contributed by atoms with Gasteiger partial charge in [-0.2, -0.15) is 10.1 Å². The van der Waals surface area contributed by atoms with Crippen molar-refractivity contribution in [1.82, 2.24) is 19.7 Å². The van der Waals surface area contributed by atoms with Gasteiger partial charge in [-0.25, -0.2) is 14.1 Å². The van der Waals surface area contributed by atoms with Crippen LogP contribution in [0, 0.1) is 33.5 Å². The largest absolute Gasteiger partial charge is 0.439 e. The van der Waals surface area contributed by atoms with E-state index in [0.717, 1.165) is 17.0 Å². The molecule has 1 N–H and O–H groups in total. The van der Waals surface area contributed by atoms with Gasteiger partial charge in [0.05, 0.1) is 11.3 Å². The molecule has 0 aliphatic carbocycles. The number of hydrogen-bond acceptors (Lipinski definition) is 5. The first kappa shape index (κ1) is 21.2. The Morgan fingerprint density at radius 1 is 1.00 bits per heavy atom. The van der Waals surface area contributed by atoms with Gasteiger partial charge in [0.2, 0.25) is 5.88 Å². The average Bonchev–Trinajstić information content (AvgIpc) is 3.02. The molecule has 2 aromatic heterocycles. The molecule has 32 heavy (non-hydrogen) atoms. The SMILES string of the molecule is Cc1nc(Oc2ccc(NC(=O)c3ccccc3F)cc2)cc(-n2nc(C)c(C)c2C)n1. The molecule has 0 aliphatic rings. The fourth-order valence-corrected chi connectivity index (χ4v) is 3.20. The van der Waals surface area contributed by atoms with Crippen LogP contribution in [0.1, 0.15) is 33.1 Å². The number of anilines is 1. The number of carbonyl (C=O) groups is 1. The van der Waals surface area contributed by atoms with Crippen LogP contribution in [0.25, 0.3) is 5.82 Å². The summed E-state index contributed by atoms with van der Waals surface area (Å²) in [5.41, 5.74) is 3.55. The highest BCUT2D eigenvalue weighted by Gasteiger charge is 2.14. The zero-order valence-corrected chi connectivity index (χ0v) is 18.2. The highest BCUT2D eigenvalue weighted by Crippen LogP contribution is 2.24. The van der Waals surface area contributed by atoms with Crippen molar-refractivity contribution >= 4 is 11.6 Å². The van der Waals surface area contributed by atoms with E-state index in [1.165, 1.54) is 18.2 Å². The minimum atomic E-state index is -0.572. The third kappa shape index (κ3) is 4.34. The summed E-state index contributed by atoms with van der Waals surface area (Å²) in [6.45, 7) is 7.75. The van der Waals surface area contributed by atoms with Crippen molar-refractivity contribution in [2.45, 2.75) is 27.7 Å². The molecular formula is C24H22FN5O2. The molecule has 0 atom stereocenters. The number of nitrogens with zero attached hydrogens (tertiary/aromatic N) is 4. The highest BCUT2D eigenvalue weighted by molar-refractivity contribution is 6.04. The van der Waals surface area contributed by atoms with Crippen molar-refractivity contribution in [3.63, 3.8) is 0 Å². The fraction of sp³-hybridized carbons (Fsp3) is 0.167. The molecule has 8 heteroatoms. The second-order valence-corrected chi connectivity index (χ2v) is 7.38. The van der Waals surface area contributed by atoms with Gasteiger partial charge in [-0.15, -0.1) is 0 Å². The lowest BCUT2D eigenvalue weighted by atomic mass is 10.2. The first-order valence-electron chi connectivity index (χ1n) is 10.0. The Bertz CT molecular complexity index is 1300. The highest BCUT2D eigenvalue weighted by atomic mass is 19.1. The lowest BCUT2D eigenvalue weighted by molar-refractivity contribution is 0.102. The number of benzene rings is 2. The number of hydrogen-bond donors (Lipinski definition) is 1. The number of ether oxygens (including phenoxy) is 1. The summed E-state index contributed by atoms with van der Waals surface area (Å²) in [6.07, 6.45) is 0. The number of amides is 1. The Labute approximate surface area is 184 Å². The van der Waals surface area contributed by atoms with E-state index < -0.39 is 11.7 Å². The summed E-state index contributed by atoms with van der Waals surface area (Å²) in [7, 11) is 0. The summed E-state index contributed by atoms with van der Waals surface area (Å²) in [5.74, 6) is 0.987. The van der Waals surface area contributed by atoms with E-state index >= 15 is 0 Å². The molecule has 0 bridgehead atoms. The molecule has 1 amide bonds. The average molecular weight is 431 g/mol. The van der Waals surface area contributed by atoms with Gasteiger partial charge in [0.15, 0.2) is 5.82 Å². The van der Waals surface area contributed by atoms with Gasteiger partial charge < -0.3 is 10.1 Å². The van der Waals surface area contributed by atoms with Crippen molar-refractivity contribution < 1.29 is 13.9 Å². The van der Waals surface area contributed by atoms with Gasteiger partial charge in [0, 0.05) is 17.4 Å². The molecule has 0 spiro atoms. The van der Waals surface area contributed by atoms with Gasteiger partial charge in [-0.1, -0.05) is 12.1 Å². The first-order chi connectivity index (χ1) is 15.3. The Hall–Kier alpha value is -4.07. The second-order valence-electron chi connectivity index (χ2n) is 7.38. The summed E-state index contributed by atoms with van der Waals surface area (Å²) < 4.78 is 21.5. The standard InChI is InChI=1S/C24H22FN5O2/c1-14-15(2)29-30(16(14)3)22-13-23(27-17(4)26-22)32-19-11-9-18(10-12-19)28-24(31)20-7-5-6-8-21(20)25/h5-13H,1-4H3,(H,28,31). The van der Waals surface area contributed by atoms with Crippen LogP contribution in [0.15, 0.2) is 54.6 Å². The maximum absolute atomic E-state index is 13.8. The van der Waals surface area contributed by atoms with E-state index in [1.54, 1.807) is 48.0 Å². The number of carbonyl (C=O) groups excluding carboxylic acids is 1. The summed E-state index contributed by atoms with van der Waals surface area (Å²) >= 11 is 0. The molecular weight excluding hydrogens is 409 g/mol. The van der Waals surface area contributed by atoms with Crippen molar-refractivity contribution in [3.05, 3.63) is 88.8 Å². The molecule has 162 valence electrons. The van der Waals surface area contributed by atoms with Crippen LogP contribution in [0.4, 0.5) is 10.1 Å². The topological polar surface area (TPSA) is 81.9 Å². The van der Waals surface area contributed by atoms with E-state index in [2.05, 4.69) is 20.4 Å². The fourth-order valence-electron chi connectivity index (χ4n) is 3.20. The maximum atomic E-state index is 13.8. The van der Waals surface area contributed by atoms with Crippen LogP contribution in [0.5, 0.6) is 11.6 Å². The molecule has 0 fully saturated rings. The Morgan fingerprint density at radius 3 is 2.38 bits per heavy atom. The zero-order chi connectivity index (χ0) is 22.8. The lowest BCUT2D eigenvalue weighted by Gasteiger charge is -2.10. The van der Waals surface area contributed by atoms with Crippen LogP contribution >= 0.6 is 0 Å². The Morgan fingerprint density at radius 2 is 1.72 bits per heavy atom. The Kier molecular flexibility index (Phi) is 5.68. The van der Waals surface area contributed by atoms with Crippen molar-refractivity contribution in [3.8, 4) is 17.4 Å². The van der Waals surface area contributed by atoms with E-state index in [-0.39, 0.29) is 5.56 Å². The van der Waals surface area contributed by atoms with Crippen molar-refractivity contribution in [2.24, 2.45) is 0 Å². The molecule has 0 radical (unpaired) electrons. The normalized spacial score (nSPS) is 10.8. The quantitative estimate of drug-likeness (QED) is 0.477. The van der Waals surface area contributed by atoms with E-state index in [0.29, 0.717) is 29.0 Å². The van der Waals surface area contributed by atoms with Gasteiger partial charge in [0.25, 0.3) is 5.91 Å². The Balaban J connectivity index is 1.51. The predicted octanol–water partition coefficient (Wildman–Crippen LogP) is 5.08. The predicted molar refractivity (Wildman–Crippen MR) is 119 cm³/mol. The molecule has 0 saturated carbocycles. The van der Waals surface area contributed by atoms with Crippen molar-refractivity contribution in [1.29, 1.82) is 0 Å². The maximum Gasteiger partial charge on any atom is 0.258 e. The van der Waals surface area contributed by atoms with Crippen LogP contribution in [-0.4, -0.2) is 25.7 Å². The van der Waals surface area contributed by atoms with Gasteiger partial charge in [0.1, 0.15) is 17.4 Å². The number of aromatic nitrogens is 4. The molecule has 0 aliphatic heterocycles. The number of aryl methyl sites for hydroxylation is 2. The molecule has 4 aromatic rings. The monoisotopic (exact) mass is 431 g/mol. The van der Waals surface area contributed by atoms with E-state index in [1.807, 2.05) is 20.8 Å². The summed E-state index contributed by atoms with van der Waals surface area (Å²) in [5, 5.41) is 7.22. The van der Waals surface area contributed by atoms with Crippen LogP contribution in [0.3, 0.4) is 0 Å². The van der Waals surface area contributed by atoms with Gasteiger partial charge >= 0.3 is 0 Å². The molecule has 4 rings (SSSR count). The third-order valence-corrected chi connectivity index (χ3v) is 5.12. The molecule has 7 nitrogen and oxygen atoms in total. The van der Waals surface area contributed by atoms with E-state index in [4.69, 9.17) is 4.74 Å². The van der Waals surface area contributed by atoms with Crippen LogP contribution in [-0.2, 0) is 0 Å². The summed E-state index contributed by atoms with van der Waals surface area (Å²) in [6, 6.07) is 14.3. The molecule has 0 unspecified atom stereocenters. The number of halogens is 1. The van der Waals surface area contributed by atoms with Crippen molar-refractivity contribution in [2.75, 3.05) is 5.32 Å². The smallest absolute Gasteiger partial charge is 0.258 e. The molecule has 2 aromatic carbocycles. The minimum Gasteiger partial charge on any atom is -0.439 e. The lowest BCUT2D eigenvalue weighted by Crippen LogP contribution is -2.13. The zero-order valence-electron chi connectivity index (χ0n) is 18.2.